The van der Waals surface area contributed by atoms with E-state index in [1.54, 1.807) is 0 Å². The molecule has 0 saturated carbocycles. The Balaban J connectivity index is 3.05. The number of nitrogens with one attached hydrogen (secondary N) is 1. The third kappa shape index (κ3) is 13.9. The van der Waals surface area contributed by atoms with Crippen LogP contribution in [0.1, 0.15) is 53.9 Å². The summed E-state index contributed by atoms with van der Waals surface area (Å²) in [5, 5.41) is 3.42. The van der Waals surface area contributed by atoms with Crippen molar-refractivity contribution in [3.8, 4) is 0 Å². The minimum absolute atomic E-state index is 0.436. The maximum Gasteiger partial charge on any atom is 0.0590 e. The second kappa shape index (κ2) is 9.00. The average molecular weight is 229 g/mol. The number of rotatable bonds is 9. The van der Waals surface area contributed by atoms with E-state index in [1.807, 2.05) is 0 Å². The summed E-state index contributed by atoms with van der Waals surface area (Å²) in [6.07, 6.45) is 3.69. The Morgan fingerprint density at radius 2 is 1.75 bits per heavy atom. The molecule has 0 saturated heterocycles. The highest BCUT2D eigenvalue weighted by molar-refractivity contribution is 4.62. The zero-order valence-electron chi connectivity index (χ0n) is 11.9. The van der Waals surface area contributed by atoms with E-state index >= 15 is 0 Å². The highest BCUT2D eigenvalue weighted by Gasteiger charge is 2.08. The molecule has 0 aliphatic rings. The van der Waals surface area contributed by atoms with Gasteiger partial charge in [0.15, 0.2) is 0 Å². The molecule has 98 valence electrons. The van der Waals surface area contributed by atoms with Crippen molar-refractivity contribution in [1.82, 2.24) is 5.32 Å². The van der Waals surface area contributed by atoms with Crippen LogP contribution in [0, 0.1) is 11.3 Å². The maximum atomic E-state index is 5.55. The zero-order chi connectivity index (χ0) is 12.4. The third-order valence-electron chi connectivity index (χ3n) is 2.55. The zero-order valence-corrected chi connectivity index (χ0v) is 11.9. The molecule has 0 aromatic carbocycles. The fourth-order valence-corrected chi connectivity index (χ4v) is 1.43. The van der Waals surface area contributed by atoms with Crippen molar-refractivity contribution < 1.29 is 4.74 Å². The molecule has 2 nitrogen and oxygen atoms in total. The van der Waals surface area contributed by atoms with Crippen molar-refractivity contribution >= 4 is 0 Å². The molecule has 0 atom stereocenters. The van der Waals surface area contributed by atoms with Crippen LogP contribution in [0.3, 0.4) is 0 Å². The van der Waals surface area contributed by atoms with Crippen LogP contribution in [-0.2, 0) is 4.74 Å². The van der Waals surface area contributed by atoms with E-state index in [0.717, 1.165) is 32.2 Å². The molecule has 0 aliphatic carbocycles. The van der Waals surface area contributed by atoms with Gasteiger partial charge in [0.05, 0.1) is 6.61 Å². The fraction of sp³-hybridized carbons (Fsp3) is 1.00. The molecule has 0 aliphatic heterocycles. The molecule has 0 heterocycles. The monoisotopic (exact) mass is 229 g/mol. The van der Waals surface area contributed by atoms with Crippen LogP contribution in [-0.4, -0.2) is 26.3 Å². The summed E-state index contributed by atoms with van der Waals surface area (Å²) in [6, 6.07) is 0. The van der Waals surface area contributed by atoms with E-state index < -0.39 is 0 Å². The molecule has 0 bridgehead atoms. The highest BCUT2D eigenvalue weighted by Crippen LogP contribution is 2.16. The Kier molecular flexibility index (Phi) is 8.96. The van der Waals surface area contributed by atoms with Crippen molar-refractivity contribution in [3.63, 3.8) is 0 Å². The average Bonchev–Trinajstić information content (AvgIpc) is 2.13. The summed E-state index contributed by atoms with van der Waals surface area (Å²) < 4.78 is 5.55. The van der Waals surface area contributed by atoms with Gasteiger partial charge in [-0.3, -0.25) is 0 Å². The van der Waals surface area contributed by atoms with E-state index in [-0.39, 0.29) is 0 Å². The van der Waals surface area contributed by atoms with E-state index in [1.165, 1.54) is 19.3 Å². The summed E-state index contributed by atoms with van der Waals surface area (Å²) in [4.78, 5) is 0. The van der Waals surface area contributed by atoms with Gasteiger partial charge in [-0.2, -0.15) is 0 Å². The summed E-state index contributed by atoms with van der Waals surface area (Å²) in [6.45, 7) is 15.2. The molecule has 1 N–H and O–H groups in total. The molecule has 0 rings (SSSR count). The predicted molar refractivity (Wildman–Crippen MR) is 71.8 cm³/mol. The summed E-state index contributed by atoms with van der Waals surface area (Å²) in [7, 11) is 0. The van der Waals surface area contributed by atoms with Gasteiger partial charge < -0.3 is 10.1 Å². The first-order valence-electron chi connectivity index (χ1n) is 6.70. The molecular formula is C14H31NO. The van der Waals surface area contributed by atoms with Crippen LogP contribution in [0.2, 0.25) is 0 Å². The first-order chi connectivity index (χ1) is 7.42. The molecule has 0 aromatic rings. The largest absolute Gasteiger partial charge is 0.380 e. The number of ether oxygens (including phenoxy) is 1. The summed E-state index contributed by atoms with van der Waals surface area (Å²) >= 11 is 0. The van der Waals surface area contributed by atoms with Gasteiger partial charge in [-0.1, -0.05) is 34.6 Å². The Hall–Kier alpha value is -0.0800. The Morgan fingerprint density at radius 3 is 2.31 bits per heavy atom. The Bertz CT molecular complexity index is 149. The lowest BCUT2D eigenvalue weighted by atomic mass is 9.92. The maximum absolute atomic E-state index is 5.55. The van der Waals surface area contributed by atoms with Gasteiger partial charge in [-0.25, -0.2) is 0 Å². The van der Waals surface area contributed by atoms with E-state index in [0.29, 0.717) is 5.41 Å². The molecular weight excluding hydrogens is 198 g/mol. The van der Waals surface area contributed by atoms with Crippen molar-refractivity contribution in [3.05, 3.63) is 0 Å². The molecule has 0 radical (unpaired) electrons. The second-order valence-corrected chi connectivity index (χ2v) is 6.21. The smallest absolute Gasteiger partial charge is 0.0590 e. The van der Waals surface area contributed by atoms with Gasteiger partial charge in [-0.15, -0.1) is 0 Å². The van der Waals surface area contributed by atoms with Crippen LogP contribution in [0.25, 0.3) is 0 Å². The molecule has 0 amide bonds. The normalized spacial score (nSPS) is 12.4. The van der Waals surface area contributed by atoms with Gasteiger partial charge in [0, 0.05) is 13.2 Å². The molecule has 16 heavy (non-hydrogen) atoms. The van der Waals surface area contributed by atoms with Crippen LogP contribution < -0.4 is 5.32 Å². The van der Waals surface area contributed by atoms with Gasteiger partial charge in [0.1, 0.15) is 0 Å². The van der Waals surface area contributed by atoms with Crippen molar-refractivity contribution in [2.75, 3.05) is 26.3 Å². The summed E-state index contributed by atoms with van der Waals surface area (Å²) in [5.74, 6) is 0.800. The molecule has 2 heteroatoms. The molecule has 0 fully saturated rings. The topological polar surface area (TPSA) is 21.3 Å². The van der Waals surface area contributed by atoms with Crippen LogP contribution in [0.15, 0.2) is 0 Å². The minimum Gasteiger partial charge on any atom is -0.380 e. The van der Waals surface area contributed by atoms with Gasteiger partial charge >= 0.3 is 0 Å². The molecule has 0 unspecified atom stereocenters. The van der Waals surface area contributed by atoms with E-state index in [4.69, 9.17) is 4.74 Å². The van der Waals surface area contributed by atoms with Crippen molar-refractivity contribution in [2.24, 2.45) is 11.3 Å². The quantitative estimate of drug-likeness (QED) is 0.611. The van der Waals surface area contributed by atoms with Crippen molar-refractivity contribution in [1.29, 1.82) is 0 Å². The van der Waals surface area contributed by atoms with Crippen LogP contribution >= 0.6 is 0 Å². The first kappa shape index (κ1) is 15.9. The lowest BCUT2D eigenvalue weighted by Gasteiger charge is -2.18. The fourth-order valence-electron chi connectivity index (χ4n) is 1.43. The number of hydrogen-bond acceptors (Lipinski definition) is 2. The van der Waals surface area contributed by atoms with Crippen molar-refractivity contribution in [2.45, 2.75) is 53.9 Å². The molecule has 0 spiro atoms. The lowest BCUT2D eigenvalue weighted by molar-refractivity contribution is 0.129. The standard InChI is InChI=1S/C14H31NO/c1-13(2)7-6-11-16-12-10-15-9-8-14(3,4)5/h13,15H,6-12H2,1-5H3. The Morgan fingerprint density at radius 1 is 1.06 bits per heavy atom. The minimum atomic E-state index is 0.436. The van der Waals surface area contributed by atoms with E-state index in [2.05, 4.69) is 39.9 Å². The first-order valence-corrected chi connectivity index (χ1v) is 6.70. The highest BCUT2D eigenvalue weighted by atomic mass is 16.5. The molecule has 0 aromatic heterocycles. The second-order valence-electron chi connectivity index (χ2n) is 6.21. The SMILES string of the molecule is CC(C)CCCOCCNCCC(C)(C)C. The third-order valence-corrected chi connectivity index (χ3v) is 2.55. The van der Waals surface area contributed by atoms with Crippen LogP contribution in [0.5, 0.6) is 0 Å². The summed E-state index contributed by atoms with van der Waals surface area (Å²) in [5.41, 5.74) is 0.436. The number of hydrogen-bond donors (Lipinski definition) is 1. The Labute approximate surface area is 102 Å². The van der Waals surface area contributed by atoms with Gasteiger partial charge in [0.25, 0.3) is 0 Å². The van der Waals surface area contributed by atoms with Crippen LogP contribution in [0.4, 0.5) is 0 Å². The van der Waals surface area contributed by atoms with Gasteiger partial charge in [-0.05, 0) is 37.1 Å². The van der Waals surface area contributed by atoms with E-state index in [9.17, 15) is 0 Å². The van der Waals surface area contributed by atoms with Gasteiger partial charge in [0.2, 0.25) is 0 Å². The lowest BCUT2D eigenvalue weighted by Crippen LogP contribution is -2.24. The predicted octanol–water partition coefficient (Wildman–Crippen LogP) is 3.47.